The summed E-state index contributed by atoms with van der Waals surface area (Å²) in [5, 5.41) is 16.7. The van der Waals surface area contributed by atoms with Crippen LogP contribution in [-0.4, -0.2) is 30.4 Å². The van der Waals surface area contributed by atoms with Gasteiger partial charge in [-0.2, -0.15) is 5.10 Å². The van der Waals surface area contributed by atoms with Gasteiger partial charge in [0.25, 0.3) is 0 Å². The molecule has 1 atom stereocenters. The highest BCUT2D eigenvalue weighted by atomic mass is 16.5. The quantitative estimate of drug-likeness (QED) is 0.397. The summed E-state index contributed by atoms with van der Waals surface area (Å²) in [6.07, 6.45) is 0.226. The van der Waals surface area contributed by atoms with Crippen LogP contribution in [0.25, 0.3) is 0 Å². The van der Waals surface area contributed by atoms with E-state index >= 15 is 0 Å². The van der Waals surface area contributed by atoms with Crippen molar-refractivity contribution in [2.75, 3.05) is 7.11 Å². The lowest BCUT2D eigenvalue weighted by Gasteiger charge is -2.17. The summed E-state index contributed by atoms with van der Waals surface area (Å²) in [7, 11) is 1.47. The van der Waals surface area contributed by atoms with Crippen LogP contribution in [0, 0.1) is 0 Å². The number of ether oxygens (including phenoxy) is 2. The molecule has 0 aliphatic heterocycles. The van der Waals surface area contributed by atoms with E-state index in [9.17, 15) is 9.90 Å². The van der Waals surface area contributed by atoms with Crippen molar-refractivity contribution in [1.82, 2.24) is 0 Å². The topological polar surface area (TPSA) is 133 Å². The second-order valence-electron chi connectivity index (χ2n) is 4.93. The van der Waals surface area contributed by atoms with Gasteiger partial charge >= 0.3 is 5.97 Å². The van der Waals surface area contributed by atoms with Crippen LogP contribution >= 0.6 is 0 Å². The molecule has 0 aliphatic carbocycles. The van der Waals surface area contributed by atoms with E-state index in [1.54, 1.807) is 48.5 Å². The van der Waals surface area contributed by atoms with E-state index < -0.39 is 12.1 Å². The van der Waals surface area contributed by atoms with Gasteiger partial charge in [0, 0.05) is 5.56 Å². The summed E-state index contributed by atoms with van der Waals surface area (Å²) in [6, 6.07) is 13.6. The van der Waals surface area contributed by atoms with Crippen LogP contribution in [0.5, 0.6) is 11.5 Å². The summed E-state index contributed by atoms with van der Waals surface area (Å²) in [5.41, 5.74) is 11.5. The number of guanidine groups is 1. The first-order chi connectivity index (χ1) is 12.0. The number of hydrogen-bond donors (Lipinski definition) is 3. The minimum atomic E-state index is -1.18. The molecule has 8 nitrogen and oxygen atoms in total. The zero-order chi connectivity index (χ0) is 18.2. The Bertz CT molecular complexity index is 786. The summed E-state index contributed by atoms with van der Waals surface area (Å²) in [5.74, 6) is -0.641. The third-order valence-corrected chi connectivity index (χ3v) is 3.14. The predicted octanol–water partition coefficient (Wildman–Crippen LogP) is 1.51. The largest absolute Gasteiger partial charge is 0.493 e. The van der Waals surface area contributed by atoms with Crippen LogP contribution < -0.4 is 20.9 Å². The Hall–Kier alpha value is -3.55. The molecule has 8 heteroatoms. The fourth-order valence-electron chi connectivity index (χ4n) is 2.04. The van der Waals surface area contributed by atoms with E-state index in [0.29, 0.717) is 16.9 Å². The fourth-order valence-corrected chi connectivity index (χ4v) is 2.04. The van der Waals surface area contributed by atoms with Crippen LogP contribution in [0.3, 0.4) is 0 Å². The highest BCUT2D eigenvalue weighted by Gasteiger charge is 2.23. The van der Waals surface area contributed by atoms with Crippen molar-refractivity contribution in [2.24, 2.45) is 21.7 Å². The number of methoxy groups -OCH3 is 1. The highest BCUT2D eigenvalue weighted by Crippen LogP contribution is 2.32. The Morgan fingerprint density at radius 1 is 1.16 bits per heavy atom. The third-order valence-electron chi connectivity index (χ3n) is 3.14. The Morgan fingerprint density at radius 3 is 2.48 bits per heavy atom. The lowest BCUT2D eigenvalue weighted by atomic mass is 10.1. The average Bonchev–Trinajstić information content (AvgIpc) is 2.60. The van der Waals surface area contributed by atoms with Gasteiger partial charge in [-0.25, -0.2) is 4.79 Å². The first-order valence-corrected chi connectivity index (χ1v) is 7.25. The number of nitrogens with two attached hydrogens (primary N) is 2. The number of carboxylic acids is 1. The van der Waals surface area contributed by atoms with Gasteiger partial charge in [-0.05, 0) is 23.8 Å². The summed E-state index contributed by atoms with van der Waals surface area (Å²) >= 11 is 0. The molecular formula is C17H18N4O4. The van der Waals surface area contributed by atoms with E-state index in [1.807, 2.05) is 0 Å². The van der Waals surface area contributed by atoms with Crippen molar-refractivity contribution in [2.45, 2.75) is 6.10 Å². The number of hydrogen-bond acceptors (Lipinski definition) is 5. The van der Waals surface area contributed by atoms with Gasteiger partial charge < -0.3 is 26.0 Å². The molecule has 2 aromatic rings. The zero-order valence-electron chi connectivity index (χ0n) is 13.5. The van der Waals surface area contributed by atoms with E-state index in [4.69, 9.17) is 20.9 Å². The van der Waals surface area contributed by atoms with Gasteiger partial charge in [-0.1, -0.05) is 30.3 Å². The monoisotopic (exact) mass is 342 g/mol. The molecule has 0 amide bonds. The second-order valence-corrected chi connectivity index (χ2v) is 4.93. The molecule has 25 heavy (non-hydrogen) atoms. The molecule has 2 aromatic carbocycles. The van der Waals surface area contributed by atoms with Gasteiger partial charge in [0.05, 0.1) is 13.3 Å². The number of rotatable bonds is 7. The van der Waals surface area contributed by atoms with Crippen molar-refractivity contribution >= 4 is 18.1 Å². The van der Waals surface area contributed by atoms with Gasteiger partial charge in [-0.15, -0.1) is 5.10 Å². The van der Waals surface area contributed by atoms with Crippen molar-refractivity contribution < 1.29 is 19.4 Å². The lowest BCUT2D eigenvalue weighted by molar-refractivity contribution is -0.145. The molecule has 0 saturated carbocycles. The molecule has 0 fully saturated rings. The number of benzene rings is 2. The van der Waals surface area contributed by atoms with Crippen LogP contribution in [0.15, 0.2) is 58.7 Å². The van der Waals surface area contributed by atoms with Crippen LogP contribution in [0.2, 0.25) is 0 Å². The standard InChI is InChI=1S/C17H18N4O4/c1-24-13-8-7-11(10-20-21-17(18)19)9-14(13)25-15(16(22)23)12-5-3-2-4-6-12/h2-10,15H,1H3,(H,22,23)(H4,18,19,21). The van der Waals surface area contributed by atoms with Crippen molar-refractivity contribution in [3.8, 4) is 11.5 Å². The summed E-state index contributed by atoms with van der Waals surface area (Å²) in [4.78, 5) is 11.6. The van der Waals surface area contributed by atoms with Crippen LogP contribution in [-0.2, 0) is 4.79 Å². The predicted molar refractivity (Wildman–Crippen MR) is 93.8 cm³/mol. The minimum Gasteiger partial charge on any atom is -0.493 e. The van der Waals surface area contributed by atoms with E-state index in [0.717, 1.165) is 0 Å². The Balaban J connectivity index is 2.33. The first kappa shape index (κ1) is 17.8. The maximum Gasteiger partial charge on any atom is 0.349 e. The first-order valence-electron chi connectivity index (χ1n) is 7.25. The van der Waals surface area contributed by atoms with Gasteiger partial charge in [-0.3, -0.25) is 0 Å². The lowest BCUT2D eigenvalue weighted by Crippen LogP contribution is -2.21. The zero-order valence-corrected chi connectivity index (χ0v) is 13.5. The highest BCUT2D eigenvalue weighted by molar-refractivity contribution is 5.82. The van der Waals surface area contributed by atoms with Gasteiger partial charge in [0.2, 0.25) is 12.1 Å². The molecular weight excluding hydrogens is 324 g/mol. The number of carboxylic acid groups (broad SMARTS) is 1. The molecule has 5 N–H and O–H groups in total. The van der Waals surface area contributed by atoms with Crippen LogP contribution in [0.4, 0.5) is 0 Å². The normalized spacial score (nSPS) is 11.7. The molecule has 0 heterocycles. The molecule has 0 spiro atoms. The Morgan fingerprint density at radius 2 is 1.88 bits per heavy atom. The average molecular weight is 342 g/mol. The molecule has 0 aliphatic rings. The smallest absolute Gasteiger partial charge is 0.349 e. The molecule has 0 bridgehead atoms. The van der Waals surface area contributed by atoms with E-state index in [-0.39, 0.29) is 11.7 Å². The fraction of sp³-hybridized carbons (Fsp3) is 0.118. The van der Waals surface area contributed by atoms with Crippen molar-refractivity contribution in [3.05, 3.63) is 59.7 Å². The molecule has 0 radical (unpaired) electrons. The van der Waals surface area contributed by atoms with Gasteiger partial charge in [0.1, 0.15) is 0 Å². The maximum absolute atomic E-state index is 11.6. The molecule has 0 saturated heterocycles. The van der Waals surface area contributed by atoms with Crippen molar-refractivity contribution in [3.63, 3.8) is 0 Å². The maximum atomic E-state index is 11.6. The molecule has 2 rings (SSSR count). The SMILES string of the molecule is COc1ccc(C=NN=C(N)N)cc1OC(C(=O)O)c1ccccc1. The van der Waals surface area contributed by atoms with Crippen LogP contribution in [0.1, 0.15) is 17.2 Å². The Labute approximate surface area is 144 Å². The molecule has 0 aromatic heterocycles. The number of aliphatic carboxylic acids is 1. The van der Waals surface area contributed by atoms with E-state index in [1.165, 1.54) is 13.3 Å². The number of carbonyl (C=O) groups is 1. The molecule has 1 unspecified atom stereocenters. The van der Waals surface area contributed by atoms with E-state index in [2.05, 4.69) is 10.2 Å². The minimum absolute atomic E-state index is 0.170. The summed E-state index contributed by atoms with van der Waals surface area (Å²) in [6.45, 7) is 0. The number of nitrogens with zero attached hydrogens (tertiary/aromatic N) is 2. The third kappa shape index (κ3) is 4.96. The van der Waals surface area contributed by atoms with Crippen molar-refractivity contribution in [1.29, 1.82) is 0 Å². The molecule has 130 valence electrons. The second kappa shape index (κ2) is 8.34. The van der Waals surface area contributed by atoms with Gasteiger partial charge in [0.15, 0.2) is 11.5 Å². The Kier molecular flexibility index (Phi) is 5.94. The summed E-state index contributed by atoms with van der Waals surface area (Å²) < 4.78 is 10.9.